The van der Waals surface area contributed by atoms with Gasteiger partial charge >= 0.3 is 0 Å². The fourth-order valence-corrected chi connectivity index (χ4v) is 5.32. The molecule has 0 spiro atoms. The van der Waals surface area contributed by atoms with Crippen LogP contribution in [0.3, 0.4) is 0 Å². The quantitative estimate of drug-likeness (QED) is 0.610. The molecule has 29 heavy (non-hydrogen) atoms. The van der Waals surface area contributed by atoms with Gasteiger partial charge in [0.15, 0.2) is 10.8 Å². The van der Waals surface area contributed by atoms with E-state index in [-0.39, 0.29) is 13.1 Å². The van der Waals surface area contributed by atoms with Gasteiger partial charge in [-0.3, -0.25) is 4.90 Å². The maximum Gasteiger partial charge on any atom is 0.246 e. The predicted molar refractivity (Wildman–Crippen MR) is 104 cm³/mol. The Labute approximate surface area is 170 Å². The second kappa shape index (κ2) is 8.19. The number of nitrogens with zero attached hydrogens (tertiary/aromatic N) is 5. The number of benzene rings is 1. The molecule has 3 heterocycles. The molecule has 4 rings (SSSR count). The maximum absolute atomic E-state index is 13.9. The Kier molecular flexibility index (Phi) is 5.63. The number of rotatable bonds is 5. The Bertz CT molecular complexity index is 1100. The highest BCUT2D eigenvalue weighted by Gasteiger charge is 2.31. The second-order valence-corrected chi connectivity index (χ2v) is 9.24. The molecule has 0 unspecified atom stereocenters. The van der Waals surface area contributed by atoms with E-state index in [0.29, 0.717) is 25.5 Å². The zero-order valence-corrected chi connectivity index (χ0v) is 16.8. The number of hydrogen-bond donors (Lipinski definition) is 0. The Morgan fingerprint density at radius 1 is 1.07 bits per heavy atom. The highest BCUT2D eigenvalue weighted by atomic mass is 32.2. The molecule has 11 heteroatoms. The van der Waals surface area contributed by atoms with Crippen LogP contribution in [0, 0.1) is 11.6 Å². The Morgan fingerprint density at radius 2 is 1.79 bits per heavy atom. The monoisotopic (exact) mass is 437 g/mol. The first-order valence-electron chi connectivity index (χ1n) is 8.83. The van der Waals surface area contributed by atoms with E-state index in [1.165, 1.54) is 15.6 Å². The molecule has 0 bridgehead atoms. The van der Waals surface area contributed by atoms with Crippen molar-refractivity contribution in [1.82, 2.24) is 24.2 Å². The van der Waals surface area contributed by atoms with Crippen molar-refractivity contribution in [2.75, 3.05) is 26.2 Å². The van der Waals surface area contributed by atoms with Gasteiger partial charge in [-0.15, -0.1) is 11.3 Å². The lowest BCUT2D eigenvalue weighted by atomic mass is 10.3. The lowest BCUT2D eigenvalue weighted by molar-refractivity contribution is 0.180. The van der Waals surface area contributed by atoms with Gasteiger partial charge in [0.1, 0.15) is 16.5 Å². The minimum atomic E-state index is -4.08. The molecule has 1 saturated heterocycles. The van der Waals surface area contributed by atoms with Gasteiger partial charge in [-0.2, -0.15) is 4.31 Å². The first kappa shape index (κ1) is 20.0. The van der Waals surface area contributed by atoms with Crippen LogP contribution in [0.2, 0.25) is 0 Å². The van der Waals surface area contributed by atoms with E-state index in [1.807, 2.05) is 5.38 Å². The van der Waals surface area contributed by atoms with Gasteiger partial charge in [-0.25, -0.2) is 32.2 Å². The van der Waals surface area contributed by atoms with Crippen LogP contribution in [0.15, 0.2) is 46.9 Å². The smallest absolute Gasteiger partial charge is 0.246 e. The molecule has 0 radical (unpaired) electrons. The molecule has 0 N–H and O–H groups in total. The van der Waals surface area contributed by atoms with Gasteiger partial charge in [0.05, 0.1) is 5.69 Å². The molecular weight excluding hydrogens is 420 g/mol. The lowest BCUT2D eigenvalue weighted by Gasteiger charge is -2.33. The molecular formula is C18H17F2N5O2S2. The standard InChI is InChI=1S/C18H17F2N5O2S2/c19-13-2-3-15(20)16(10-13)29(26,27)25-8-6-24(7-9-25)11-14-12-28-18(23-14)17-21-4-1-5-22-17/h1-5,10,12H,6-9,11H2. The van der Waals surface area contributed by atoms with E-state index < -0.39 is 26.6 Å². The molecule has 7 nitrogen and oxygen atoms in total. The molecule has 2 aromatic heterocycles. The Hall–Kier alpha value is -2.34. The lowest BCUT2D eigenvalue weighted by Crippen LogP contribution is -2.48. The molecule has 1 aliphatic heterocycles. The molecule has 0 atom stereocenters. The van der Waals surface area contributed by atoms with Crippen LogP contribution in [0.25, 0.3) is 10.8 Å². The Balaban J connectivity index is 1.40. The van der Waals surface area contributed by atoms with Crippen LogP contribution in [0.4, 0.5) is 8.78 Å². The van der Waals surface area contributed by atoms with Crippen LogP contribution in [0.5, 0.6) is 0 Å². The predicted octanol–water partition coefficient (Wildman–Crippen LogP) is 2.38. The van der Waals surface area contributed by atoms with Gasteiger partial charge in [0.2, 0.25) is 10.0 Å². The molecule has 0 saturated carbocycles. The Morgan fingerprint density at radius 3 is 2.52 bits per heavy atom. The van der Waals surface area contributed by atoms with Crippen molar-refractivity contribution in [3.63, 3.8) is 0 Å². The van der Waals surface area contributed by atoms with Crippen LogP contribution < -0.4 is 0 Å². The molecule has 1 aromatic carbocycles. The summed E-state index contributed by atoms with van der Waals surface area (Å²) < 4.78 is 53.8. The minimum absolute atomic E-state index is 0.192. The number of piperazine rings is 1. The van der Waals surface area contributed by atoms with Crippen molar-refractivity contribution in [1.29, 1.82) is 0 Å². The van der Waals surface area contributed by atoms with E-state index in [2.05, 4.69) is 19.9 Å². The third kappa shape index (κ3) is 4.32. The fourth-order valence-electron chi connectivity index (χ4n) is 3.06. The van der Waals surface area contributed by atoms with Gasteiger partial charge in [0.25, 0.3) is 0 Å². The van der Waals surface area contributed by atoms with E-state index in [1.54, 1.807) is 18.5 Å². The summed E-state index contributed by atoms with van der Waals surface area (Å²) in [4.78, 5) is 14.3. The van der Waals surface area contributed by atoms with Crippen LogP contribution >= 0.6 is 11.3 Å². The largest absolute Gasteiger partial charge is 0.295 e. The summed E-state index contributed by atoms with van der Waals surface area (Å²) in [5.74, 6) is -1.17. The normalized spacial score (nSPS) is 16.2. The number of sulfonamides is 1. The first-order chi connectivity index (χ1) is 13.9. The van der Waals surface area contributed by atoms with Crippen LogP contribution in [-0.2, 0) is 16.6 Å². The maximum atomic E-state index is 13.9. The van der Waals surface area contributed by atoms with Gasteiger partial charge in [-0.1, -0.05) is 0 Å². The van der Waals surface area contributed by atoms with Gasteiger partial charge in [-0.05, 0) is 24.3 Å². The van der Waals surface area contributed by atoms with E-state index in [4.69, 9.17) is 0 Å². The molecule has 1 fully saturated rings. The summed E-state index contributed by atoms with van der Waals surface area (Å²) in [5, 5.41) is 2.65. The number of halogens is 2. The van der Waals surface area contributed by atoms with Crippen LogP contribution in [-0.4, -0.2) is 58.8 Å². The summed E-state index contributed by atoms with van der Waals surface area (Å²) >= 11 is 1.45. The van der Waals surface area contributed by atoms with Crippen molar-refractivity contribution < 1.29 is 17.2 Å². The van der Waals surface area contributed by atoms with Gasteiger partial charge in [0, 0.05) is 50.5 Å². The average Bonchev–Trinajstić information content (AvgIpc) is 3.19. The minimum Gasteiger partial charge on any atom is -0.295 e. The highest BCUT2D eigenvalue weighted by Crippen LogP contribution is 2.23. The molecule has 1 aliphatic rings. The third-order valence-corrected chi connectivity index (χ3v) is 7.34. The molecule has 152 valence electrons. The summed E-state index contributed by atoms with van der Waals surface area (Å²) in [6.07, 6.45) is 3.31. The summed E-state index contributed by atoms with van der Waals surface area (Å²) in [7, 11) is -4.08. The highest BCUT2D eigenvalue weighted by molar-refractivity contribution is 7.89. The topological polar surface area (TPSA) is 79.3 Å². The van der Waals surface area contributed by atoms with Crippen molar-refractivity contribution in [2.24, 2.45) is 0 Å². The van der Waals surface area contributed by atoms with Crippen molar-refractivity contribution in [3.05, 3.63) is 59.4 Å². The molecule has 0 amide bonds. The fraction of sp³-hybridized carbons (Fsp3) is 0.278. The summed E-state index contributed by atoms with van der Waals surface area (Å²) in [6.45, 7) is 1.87. The zero-order valence-electron chi connectivity index (χ0n) is 15.2. The van der Waals surface area contributed by atoms with E-state index >= 15 is 0 Å². The zero-order chi connectivity index (χ0) is 20.4. The number of hydrogen-bond acceptors (Lipinski definition) is 7. The SMILES string of the molecule is O=S(=O)(c1cc(F)ccc1F)N1CCN(Cc2csc(-c3ncccn3)n2)CC1. The molecule has 0 aliphatic carbocycles. The molecule has 3 aromatic rings. The van der Waals surface area contributed by atoms with Crippen molar-refractivity contribution in [3.8, 4) is 10.8 Å². The third-order valence-electron chi connectivity index (χ3n) is 4.54. The second-order valence-electron chi connectivity index (χ2n) is 6.47. The van der Waals surface area contributed by atoms with Crippen LogP contribution in [0.1, 0.15) is 5.69 Å². The van der Waals surface area contributed by atoms with E-state index in [9.17, 15) is 17.2 Å². The summed E-state index contributed by atoms with van der Waals surface area (Å²) in [6, 6.07) is 4.18. The summed E-state index contributed by atoms with van der Waals surface area (Å²) in [5.41, 5.74) is 0.852. The number of thiazole rings is 1. The van der Waals surface area contributed by atoms with Crippen molar-refractivity contribution in [2.45, 2.75) is 11.4 Å². The number of aromatic nitrogens is 3. The first-order valence-corrected chi connectivity index (χ1v) is 11.1. The van der Waals surface area contributed by atoms with Gasteiger partial charge < -0.3 is 0 Å². The average molecular weight is 437 g/mol. The van der Waals surface area contributed by atoms with Crippen molar-refractivity contribution >= 4 is 21.4 Å². The van der Waals surface area contributed by atoms with E-state index in [0.717, 1.165) is 28.9 Å².